The van der Waals surface area contributed by atoms with Crippen LogP contribution in [0.2, 0.25) is 0 Å². The Morgan fingerprint density at radius 1 is 1.23 bits per heavy atom. The third-order valence-electron chi connectivity index (χ3n) is 7.07. The minimum atomic E-state index is 0.0298. The Kier molecular flexibility index (Phi) is 5.44. The van der Waals surface area contributed by atoms with Gasteiger partial charge in [0.15, 0.2) is 0 Å². The second-order valence-corrected chi connectivity index (χ2v) is 8.70. The van der Waals surface area contributed by atoms with Crippen LogP contribution in [0.15, 0.2) is 42.6 Å². The highest BCUT2D eigenvalue weighted by atomic mass is 16.1. The smallest absolute Gasteiger partial charge is 0.251 e. The Hall–Kier alpha value is -2.44. The van der Waals surface area contributed by atoms with Crippen molar-refractivity contribution in [3.8, 4) is 0 Å². The number of likely N-dealkylation sites (tertiary alicyclic amines) is 1. The summed E-state index contributed by atoms with van der Waals surface area (Å²) in [5.74, 6) is 0.462. The van der Waals surface area contributed by atoms with Gasteiger partial charge in [-0.15, -0.1) is 0 Å². The number of hydrogen-bond donors (Lipinski definition) is 3. The van der Waals surface area contributed by atoms with E-state index in [1.165, 1.54) is 18.4 Å². The fraction of sp³-hybridized carbons (Fsp3) is 0.500. The first kappa shape index (κ1) is 19.5. The van der Waals surface area contributed by atoms with Crippen molar-refractivity contribution in [2.24, 2.45) is 5.92 Å². The Balaban J connectivity index is 1.34. The predicted molar refractivity (Wildman–Crippen MR) is 118 cm³/mol. The lowest BCUT2D eigenvalue weighted by Gasteiger charge is -2.37. The second-order valence-electron chi connectivity index (χ2n) is 8.70. The molecule has 2 saturated heterocycles. The summed E-state index contributed by atoms with van der Waals surface area (Å²) in [5.41, 5.74) is 4.14. The predicted octanol–water partition coefficient (Wildman–Crippen LogP) is 3.11. The van der Waals surface area contributed by atoms with Crippen molar-refractivity contribution < 1.29 is 4.79 Å². The van der Waals surface area contributed by atoms with Gasteiger partial charge in [-0.2, -0.15) is 0 Å². The normalized spacial score (nSPS) is 27.9. The first-order valence-corrected chi connectivity index (χ1v) is 11.3. The van der Waals surface area contributed by atoms with Crippen molar-refractivity contribution in [2.45, 2.75) is 44.3 Å². The van der Waals surface area contributed by atoms with Crippen LogP contribution in [0.5, 0.6) is 0 Å². The molecule has 0 bridgehead atoms. The minimum Gasteiger partial charge on any atom is -0.376 e. The maximum atomic E-state index is 12.9. The molecule has 2 aromatic rings. The van der Waals surface area contributed by atoms with Crippen LogP contribution in [0, 0.1) is 5.92 Å². The molecule has 0 saturated carbocycles. The highest BCUT2D eigenvalue weighted by Crippen LogP contribution is 2.46. The van der Waals surface area contributed by atoms with Crippen LogP contribution in [0.3, 0.4) is 0 Å². The maximum absolute atomic E-state index is 12.9. The number of pyridine rings is 1. The number of likely N-dealkylation sites (N-methyl/N-ethyl adjacent to an activating group) is 1. The molecule has 3 aliphatic heterocycles. The highest BCUT2D eigenvalue weighted by molar-refractivity contribution is 5.95. The lowest BCUT2D eigenvalue weighted by molar-refractivity contribution is 0.0941. The van der Waals surface area contributed by atoms with Crippen LogP contribution < -0.4 is 16.0 Å². The van der Waals surface area contributed by atoms with Gasteiger partial charge >= 0.3 is 0 Å². The summed E-state index contributed by atoms with van der Waals surface area (Å²) >= 11 is 0. The molecule has 2 fully saturated rings. The van der Waals surface area contributed by atoms with Crippen LogP contribution in [0.25, 0.3) is 0 Å². The van der Waals surface area contributed by atoms with Crippen molar-refractivity contribution in [1.29, 1.82) is 0 Å². The number of hydrogen-bond acceptors (Lipinski definition) is 5. The number of nitrogens with zero attached hydrogens (tertiary/aromatic N) is 2. The fourth-order valence-corrected chi connectivity index (χ4v) is 5.50. The molecule has 4 heterocycles. The molecule has 3 N–H and O–H groups in total. The molecule has 0 radical (unpaired) electrons. The summed E-state index contributed by atoms with van der Waals surface area (Å²) < 4.78 is 0. The molecule has 5 rings (SSSR count). The summed E-state index contributed by atoms with van der Waals surface area (Å²) in [6.07, 6.45) is 5.36. The summed E-state index contributed by atoms with van der Waals surface area (Å²) in [6.45, 7) is 6.11. The van der Waals surface area contributed by atoms with Crippen molar-refractivity contribution >= 4 is 11.6 Å². The van der Waals surface area contributed by atoms with E-state index < -0.39 is 0 Å². The molecule has 1 aromatic heterocycles. The largest absolute Gasteiger partial charge is 0.376 e. The average Bonchev–Trinajstić information content (AvgIpc) is 3.46. The maximum Gasteiger partial charge on any atom is 0.251 e. The zero-order valence-electron chi connectivity index (χ0n) is 17.6. The molecule has 3 aliphatic rings. The van der Waals surface area contributed by atoms with Gasteiger partial charge in [-0.25, -0.2) is 0 Å². The number of carbonyl (C=O) groups excluding carboxylic acids is 1. The molecule has 6 heteroatoms. The van der Waals surface area contributed by atoms with Crippen molar-refractivity contribution in [3.05, 3.63) is 59.4 Å². The van der Waals surface area contributed by atoms with Crippen molar-refractivity contribution in [3.63, 3.8) is 0 Å². The molecule has 30 heavy (non-hydrogen) atoms. The molecule has 0 aliphatic carbocycles. The van der Waals surface area contributed by atoms with Crippen LogP contribution in [0.1, 0.15) is 59.9 Å². The fourth-order valence-electron chi connectivity index (χ4n) is 5.50. The number of nitrogens with one attached hydrogen (secondary N) is 3. The van der Waals surface area contributed by atoms with E-state index in [9.17, 15) is 4.79 Å². The van der Waals surface area contributed by atoms with E-state index in [4.69, 9.17) is 0 Å². The molecule has 0 spiro atoms. The van der Waals surface area contributed by atoms with Gasteiger partial charge in [0.2, 0.25) is 0 Å². The lowest BCUT2D eigenvalue weighted by Crippen LogP contribution is -2.40. The summed E-state index contributed by atoms with van der Waals surface area (Å²) in [5, 5.41) is 10.5. The van der Waals surface area contributed by atoms with Crippen molar-refractivity contribution in [2.75, 3.05) is 31.5 Å². The monoisotopic (exact) mass is 405 g/mol. The summed E-state index contributed by atoms with van der Waals surface area (Å²) in [4.78, 5) is 19.9. The molecule has 158 valence electrons. The van der Waals surface area contributed by atoms with E-state index in [0.29, 0.717) is 12.0 Å². The number of aromatic nitrogens is 1. The lowest BCUT2D eigenvalue weighted by atomic mass is 9.81. The number of amides is 1. The van der Waals surface area contributed by atoms with Crippen LogP contribution in [-0.4, -0.2) is 48.0 Å². The van der Waals surface area contributed by atoms with Crippen LogP contribution in [-0.2, 0) is 0 Å². The van der Waals surface area contributed by atoms with Gasteiger partial charge in [0, 0.05) is 42.0 Å². The van der Waals surface area contributed by atoms with Crippen LogP contribution >= 0.6 is 0 Å². The second kappa shape index (κ2) is 8.36. The van der Waals surface area contributed by atoms with E-state index in [-0.39, 0.29) is 18.0 Å². The number of benzene rings is 1. The SMILES string of the molecule is CCN1CCCC1CNC(=O)c1ccc2c(c1)C1NCCC1C(c1ccccn1)N2. The number of carbonyl (C=O) groups is 1. The zero-order valence-corrected chi connectivity index (χ0v) is 17.6. The van der Waals surface area contributed by atoms with E-state index in [1.54, 1.807) is 0 Å². The van der Waals surface area contributed by atoms with Crippen LogP contribution in [0.4, 0.5) is 5.69 Å². The minimum absolute atomic E-state index is 0.0298. The van der Waals surface area contributed by atoms with E-state index in [2.05, 4.69) is 51.0 Å². The molecule has 4 atom stereocenters. The third kappa shape index (κ3) is 3.59. The van der Waals surface area contributed by atoms with Gasteiger partial charge in [-0.3, -0.25) is 14.7 Å². The first-order chi connectivity index (χ1) is 14.7. The van der Waals surface area contributed by atoms with Gasteiger partial charge in [0.1, 0.15) is 0 Å². The Morgan fingerprint density at radius 2 is 2.17 bits per heavy atom. The molecule has 4 unspecified atom stereocenters. The van der Waals surface area contributed by atoms with Gasteiger partial charge in [-0.05, 0) is 74.8 Å². The Morgan fingerprint density at radius 3 is 3.00 bits per heavy atom. The topological polar surface area (TPSA) is 69.3 Å². The molecular weight excluding hydrogens is 374 g/mol. The standard InChI is InChI=1S/C24H31N5O/c1-2-29-13-5-6-17(29)15-27-24(30)16-8-9-20-19(14-16)22-18(10-12-26-22)23(28-20)21-7-3-4-11-25-21/h3-4,7-9,11,14,17-18,22-23,26,28H,2,5-6,10,12-13,15H2,1H3,(H,27,30). The number of anilines is 1. The quantitative estimate of drug-likeness (QED) is 0.713. The number of fused-ring (bicyclic) bond motifs is 3. The van der Waals surface area contributed by atoms with Gasteiger partial charge < -0.3 is 16.0 Å². The van der Waals surface area contributed by atoms with E-state index >= 15 is 0 Å². The Bertz CT molecular complexity index is 902. The Labute approximate surface area is 178 Å². The molecule has 1 aromatic carbocycles. The highest BCUT2D eigenvalue weighted by Gasteiger charge is 2.41. The van der Waals surface area contributed by atoms with Crippen molar-refractivity contribution in [1.82, 2.24) is 20.5 Å². The van der Waals surface area contributed by atoms with E-state index in [0.717, 1.165) is 49.5 Å². The number of rotatable bonds is 5. The van der Waals surface area contributed by atoms with Gasteiger partial charge in [-0.1, -0.05) is 13.0 Å². The first-order valence-electron chi connectivity index (χ1n) is 11.3. The van der Waals surface area contributed by atoms with Gasteiger partial charge in [0.05, 0.1) is 11.7 Å². The molecular formula is C24H31N5O. The average molecular weight is 406 g/mol. The van der Waals surface area contributed by atoms with E-state index in [1.807, 2.05) is 24.4 Å². The summed E-state index contributed by atoms with van der Waals surface area (Å²) in [6, 6.07) is 13.1. The zero-order chi connectivity index (χ0) is 20.5. The van der Waals surface area contributed by atoms with Gasteiger partial charge in [0.25, 0.3) is 5.91 Å². The third-order valence-corrected chi connectivity index (χ3v) is 7.07. The molecule has 6 nitrogen and oxygen atoms in total. The molecule has 1 amide bonds. The summed E-state index contributed by atoms with van der Waals surface area (Å²) in [7, 11) is 0.